The van der Waals surface area contributed by atoms with Gasteiger partial charge in [0.05, 0.1) is 6.42 Å². The van der Waals surface area contributed by atoms with Crippen LogP contribution in [0.2, 0.25) is 0 Å². The topological polar surface area (TPSA) is 46.2 Å². The van der Waals surface area contributed by atoms with Crippen LogP contribution in [0, 0.1) is 10.8 Å². The molecule has 1 rings (SSSR count). The van der Waals surface area contributed by atoms with Crippen LogP contribution in [0.4, 0.5) is 0 Å². The molecule has 104 valence electrons. The summed E-state index contributed by atoms with van der Waals surface area (Å²) < 4.78 is 0. The van der Waals surface area contributed by atoms with Crippen molar-refractivity contribution in [3.8, 4) is 0 Å². The van der Waals surface area contributed by atoms with Crippen LogP contribution >= 0.6 is 0 Å². The van der Waals surface area contributed by atoms with Gasteiger partial charge in [0.15, 0.2) is 0 Å². The second-order valence-electron chi connectivity index (χ2n) is 7.85. The van der Waals surface area contributed by atoms with Gasteiger partial charge in [-0.15, -0.1) is 0 Å². The average Bonchev–Trinajstić information content (AvgIpc) is 1.90. The van der Waals surface area contributed by atoms with E-state index in [2.05, 4.69) is 39.9 Å². The van der Waals surface area contributed by atoms with Gasteiger partial charge in [-0.25, -0.2) is 0 Å². The summed E-state index contributed by atoms with van der Waals surface area (Å²) >= 11 is 0. The molecule has 0 bridgehead atoms. The van der Waals surface area contributed by atoms with Crippen LogP contribution in [-0.4, -0.2) is 17.2 Å². The third-order valence-corrected chi connectivity index (χ3v) is 3.55. The van der Waals surface area contributed by atoms with E-state index < -0.39 is 0 Å². The number of carbonyl (C=O) groups is 2. The van der Waals surface area contributed by atoms with Gasteiger partial charge < -0.3 is 5.32 Å². The van der Waals surface area contributed by atoms with Gasteiger partial charge in [-0.1, -0.05) is 27.7 Å². The number of nitrogens with one attached hydrogen (secondary N) is 1. The number of carbonyl (C=O) groups excluding carboxylic acids is 2. The number of hydrogen-bond donors (Lipinski definition) is 1. The molecular weight excluding hydrogens is 226 g/mol. The van der Waals surface area contributed by atoms with Gasteiger partial charge in [-0.05, 0) is 43.9 Å². The zero-order valence-electron chi connectivity index (χ0n) is 12.6. The van der Waals surface area contributed by atoms with Crippen LogP contribution in [-0.2, 0) is 9.59 Å². The molecule has 1 fully saturated rings. The number of rotatable bonds is 3. The van der Waals surface area contributed by atoms with E-state index in [-0.39, 0.29) is 34.5 Å². The van der Waals surface area contributed by atoms with Gasteiger partial charge >= 0.3 is 0 Å². The molecule has 1 saturated carbocycles. The first-order chi connectivity index (χ1) is 7.93. The Hall–Kier alpha value is -0.860. The zero-order chi connectivity index (χ0) is 14.2. The molecule has 0 aromatic carbocycles. The fraction of sp³-hybridized carbons (Fsp3) is 0.867. The van der Waals surface area contributed by atoms with Gasteiger partial charge in [-0.3, -0.25) is 9.59 Å². The quantitative estimate of drug-likeness (QED) is 0.786. The van der Waals surface area contributed by atoms with Crippen molar-refractivity contribution >= 4 is 11.7 Å². The third kappa shape index (κ3) is 4.43. The van der Waals surface area contributed by atoms with Crippen LogP contribution in [0.15, 0.2) is 0 Å². The minimum atomic E-state index is -0.197. The molecule has 1 N–H and O–H groups in total. The van der Waals surface area contributed by atoms with Crippen LogP contribution in [0.1, 0.15) is 67.2 Å². The van der Waals surface area contributed by atoms with Crippen LogP contribution in [0.25, 0.3) is 0 Å². The summed E-state index contributed by atoms with van der Waals surface area (Å²) in [5, 5.41) is 3.08. The number of amides is 1. The molecule has 0 atom stereocenters. The highest BCUT2D eigenvalue weighted by Crippen LogP contribution is 2.49. The Labute approximate surface area is 111 Å². The highest BCUT2D eigenvalue weighted by molar-refractivity contribution is 5.97. The van der Waals surface area contributed by atoms with Gasteiger partial charge in [0.1, 0.15) is 5.78 Å². The average molecular weight is 253 g/mol. The number of hydrogen-bond acceptors (Lipinski definition) is 2. The molecule has 1 amide bonds. The number of Topliss-reactive ketones (excluding diaryl/α,β-unsaturated/α-hetero) is 1. The van der Waals surface area contributed by atoms with E-state index in [1.165, 1.54) is 6.92 Å². The van der Waals surface area contributed by atoms with Crippen molar-refractivity contribution in [1.29, 1.82) is 0 Å². The summed E-state index contributed by atoms with van der Waals surface area (Å²) in [6.07, 6.45) is 3.09. The lowest BCUT2D eigenvalue weighted by Gasteiger charge is -2.50. The Balaban J connectivity index is 2.78. The van der Waals surface area contributed by atoms with Crippen LogP contribution in [0.3, 0.4) is 0 Å². The maximum atomic E-state index is 11.8. The summed E-state index contributed by atoms with van der Waals surface area (Å²) in [6.45, 7) is 12.6. The highest BCUT2D eigenvalue weighted by Gasteiger charge is 2.45. The first kappa shape index (κ1) is 15.2. The van der Waals surface area contributed by atoms with Crippen molar-refractivity contribution in [2.75, 3.05) is 0 Å². The minimum Gasteiger partial charge on any atom is -0.351 e. The van der Waals surface area contributed by atoms with Crippen LogP contribution < -0.4 is 5.32 Å². The standard InChI is InChI=1S/C15H27NO2/c1-11(17)7-12(18)16-15(6)9-13(2,3)8-14(4,5)10-15/h7-10H2,1-6H3,(H,16,18). The van der Waals surface area contributed by atoms with Gasteiger partial charge in [0.2, 0.25) is 5.91 Å². The molecular formula is C15H27NO2. The lowest BCUT2D eigenvalue weighted by Crippen LogP contribution is -2.55. The fourth-order valence-corrected chi connectivity index (χ4v) is 4.29. The first-order valence-corrected chi connectivity index (χ1v) is 6.74. The predicted molar refractivity (Wildman–Crippen MR) is 73.3 cm³/mol. The number of ketones is 1. The molecule has 0 unspecified atom stereocenters. The van der Waals surface area contributed by atoms with E-state index in [4.69, 9.17) is 0 Å². The third-order valence-electron chi connectivity index (χ3n) is 3.55. The molecule has 0 saturated heterocycles. The normalized spacial score (nSPS) is 24.3. The van der Waals surface area contributed by atoms with E-state index in [9.17, 15) is 9.59 Å². The predicted octanol–water partition coefficient (Wildman–Crippen LogP) is 3.08. The first-order valence-electron chi connectivity index (χ1n) is 6.74. The summed E-state index contributed by atoms with van der Waals surface area (Å²) in [4.78, 5) is 22.8. The molecule has 1 aliphatic carbocycles. The molecule has 0 spiro atoms. The Morgan fingerprint density at radius 1 is 0.944 bits per heavy atom. The van der Waals surface area contributed by atoms with Crippen molar-refractivity contribution in [1.82, 2.24) is 5.32 Å². The van der Waals surface area contributed by atoms with Gasteiger partial charge in [0.25, 0.3) is 0 Å². The molecule has 18 heavy (non-hydrogen) atoms. The summed E-state index contributed by atoms with van der Waals surface area (Å²) in [5.41, 5.74) is 0.248. The maximum Gasteiger partial charge on any atom is 0.227 e. The zero-order valence-corrected chi connectivity index (χ0v) is 12.6. The van der Waals surface area contributed by atoms with E-state index in [0.717, 1.165) is 19.3 Å². The molecule has 1 aliphatic rings. The lowest BCUT2D eigenvalue weighted by atomic mass is 9.59. The second kappa shape index (κ2) is 4.67. The molecule has 0 aliphatic heterocycles. The van der Waals surface area contributed by atoms with Crippen molar-refractivity contribution in [3.05, 3.63) is 0 Å². The second-order valence-corrected chi connectivity index (χ2v) is 7.85. The smallest absolute Gasteiger partial charge is 0.227 e. The molecule has 3 nitrogen and oxygen atoms in total. The van der Waals surface area contributed by atoms with Crippen molar-refractivity contribution in [3.63, 3.8) is 0 Å². The SMILES string of the molecule is CC(=O)CC(=O)NC1(C)CC(C)(C)CC(C)(C)C1. The van der Waals surface area contributed by atoms with Crippen molar-refractivity contribution < 1.29 is 9.59 Å². The fourth-order valence-electron chi connectivity index (χ4n) is 4.29. The monoisotopic (exact) mass is 253 g/mol. The summed E-state index contributed by atoms with van der Waals surface area (Å²) in [7, 11) is 0. The van der Waals surface area contributed by atoms with Gasteiger partial charge in [-0.2, -0.15) is 0 Å². The van der Waals surface area contributed by atoms with Gasteiger partial charge in [0, 0.05) is 5.54 Å². The molecule has 0 aromatic rings. The molecule has 0 heterocycles. The maximum absolute atomic E-state index is 11.8. The largest absolute Gasteiger partial charge is 0.351 e. The Kier molecular flexibility index (Phi) is 3.94. The van der Waals surface area contributed by atoms with Crippen molar-refractivity contribution in [2.45, 2.75) is 72.8 Å². The molecule has 0 radical (unpaired) electrons. The van der Waals surface area contributed by atoms with E-state index in [0.29, 0.717) is 0 Å². The molecule has 3 heteroatoms. The summed E-state index contributed by atoms with van der Waals surface area (Å²) in [5.74, 6) is -0.219. The minimum absolute atomic E-state index is 0.00352. The highest BCUT2D eigenvalue weighted by atomic mass is 16.2. The molecule has 0 aromatic heterocycles. The van der Waals surface area contributed by atoms with E-state index in [1.807, 2.05) is 0 Å². The Bertz CT molecular complexity index is 340. The van der Waals surface area contributed by atoms with E-state index in [1.54, 1.807) is 0 Å². The Morgan fingerprint density at radius 2 is 1.39 bits per heavy atom. The Morgan fingerprint density at radius 3 is 1.78 bits per heavy atom. The lowest BCUT2D eigenvalue weighted by molar-refractivity contribution is -0.129. The van der Waals surface area contributed by atoms with E-state index >= 15 is 0 Å². The summed E-state index contributed by atoms with van der Waals surface area (Å²) in [6, 6.07) is 0. The van der Waals surface area contributed by atoms with Crippen LogP contribution in [0.5, 0.6) is 0 Å². The van der Waals surface area contributed by atoms with Crippen molar-refractivity contribution in [2.24, 2.45) is 10.8 Å².